The Labute approximate surface area is 117 Å². The van der Waals surface area contributed by atoms with Gasteiger partial charge >= 0.3 is 6.18 Å². The summed E-state index contributed by atoms with van der Waals surface area (Å²) in [5.41, 5.74) is -0.428. The molecule has 0 saturated heterocycles. The highest BCUT2D eigenvalue weighted by atomic mass is 19.4. The van der Waals surface area contributed by atoms with E-state index in [4.69, 9.17) is 0 Å². The lowest BCUT2D eigenvalue weighted by Crippen LogP contribution is -2.40. The molecule has 0 aliphatic rings. The molecule has 0 unspecified atom stereocenters. The molecule has 1 rings (SSSR count). The average Bonchev–Trinajstić information content (AvgIpc) is 2.34. The van der Waals surface area contributed by atoms with E-state index in [9.17, 15) is 18.0 Å². The number of hydrogen-bond donors (Lipinski definition) is 0. The van der Waals surface area contributed by atoms with Crippen LogP contribution in [0.4, 0.5) is 13.2 Å². The van der Waals surface area contributed by atoms with Crippen molar-refractivity contribution in [2.75, 3.05) is 6.54 Å². The number of hydrogen-bond acceptors (Lipinski definition) is 2. The topological polar surface area (TPSA) is 20.3 Å². The van der Waals surface area contributed by atoms with E-state index in [1.54, 1.807) is 0 Å². The Morgan fingerprint density at radius 1 is 1.05 bits per heavy atom. The number of carbonyl (C=O) groups is 1. The summed E-state index contributed by atoms with van der Waals surface area (Å²) in [6.45, 7) is 8.15. The van der Waals surface area contributed by atoms with Gasteiger partial charge in [-0.25, -0.2) is 0 Å². The van der Waals surface area contributed by atoms with Gasteiger partial charge in [-0.15, -0.1) is 0 Å². The van der Waals surface area contributed by atoms with Crippen molar-refractivity contribution in [1.82, 2.24) is 4.90 Å². The van der Waals surface area contributed by atoms with E-state index >= 15 is 0 Å². The minimum absolute atomic E-state index is 0.166. The van der Waals surface area contributed by atoms with Crippen molar-refractivity contribution in [3.8, 4) is 0 Å². The van der Waals surface area contributed by atoms with Crippen LogP contribution in [-0.2, 0) is 6.18 Å². The Morgan fingerprint density at radius 3 is 1.85 bits per heavy atom. The predicted molar refractivity (Wildman–Crippen MR) is 72.8 cm³/mol. The van der Waals surface area contributed by atoms with Crippen molar-refractivity contribution in [3.63, 3.8) is 0 Å². The molecule has 112 valence electrons. The molecule has 0 spiro atoms. The molecule has 0 radical (unpaired) electrons. The van der Waals surface area contributed by atoms with Crippen molar-refractivity contribution in [2.24, 2.45) is 0 Å². The first kappa shape index (κ1) is 16.7. The molecule has 0 fully saturated rings. The number of ketones is 1. The van der Waals surface area contributed by atoms with Crippen LogP contribution in [-0.4, -0.2) is 29.3 Å². The molecule has 0 atom stereocenters. The molecule has 0 bridgehead atoms. The van der Waals surface area contributed by atoms with Gasteiger partial charge in [-0.05, 0) is 39.8 Å². The quantitative estimate of drug-likeness (QED) is 0.763. The number of carbonyl (C=O) groups excluding carboxylic acids is 1. The monoisotopic (exact) mass is 287 g/mol. The van der Waals surface area contributed by atoms with E-state index in [1.807, 2.05) is 32.6 Å². The van der Waals surface area contributed by atoms with Crippen molar-refractivity contribution < 1.29 is 18.0 Å². The fourth-order valence-corrected chi connectivity index (χ4v) is 2.06. The molecule has 2 nitrogen and oxygen atoms in total. The zero-order chi connectivity index (χ0) is 15.5. The number of rotatable bonds is 5. The molecule has 1 aromatic carbocycles. The molecule has 0 saturated carbocycles. The summed E-state index contributed by atoms with van der Waals surface area (Å²) in [6, 6.07) is 4.78. The summed E-state index contributed by atoms with van der Waals surface area (Å²) < 4.78 is 37.3. The van der Waals surface area contributed by atoms with E-state index in [0.717, 1.165) is 12.1 Å². The highest BCUT2D eigenvalue weighted by Crippen LogP contribution is 2.29. The van der Waals surface area contributed by atoms with Gasteiger partial charge in [-0.3, -0.25) is 9.69 Å². The lowest BCUT2D eigenvalue weighted by atomic mass is 10.1. The molecule has 20 heavy (non-hydrogen) atoms. The molecule has 5 heteroatoms. The molecule has 1 aromatic rings. The maximum atomic E-state index is 12.4. The Balaban J connectivity index is 2.83. The largest absolute Gasteiger partial charge is 0.416 e. The highest BCUT2D eigenvalue weighted by Gasteiger charge is 2.30. The number of benzene rings is 1. The molecule has 0 amide bonds. The average molecular weight is 287 g/mol. The molecular weight excluding hydrogens is 267 g/mol. The first-order valence-electron chi connectivity index (χ1n) is 6.59. The van der Waals surface area contributed by atoms with Gasteiger partial charge < -0.3 is 0 Å². The van der Waals surface area contributed by atoms with E-state index in [-0.39, 0.29) is 24.4 Å². The van der Waals surface area contributed by atoms with Crippen LogP contribution in [0, 0.1) is 0 Å². The third-order valence-electron chi connectivity index (χ3n) is 3.19. The van der Waals surface area contributed by atoms with Crippen molar-refractivity contribution in [1.29, 1.82) is 0 Å². The normalized spacial score (nSPS) is 12.5. The maximum absolute atomic E-state index is 12.4. The lowest BCUT2D eigenvalue weighted by molar-refractivity contribution is -0.137. The highest BCUT2D eigenvalue weighted by molar-refractivity contribution is 5.97. The lowest BCUT2D eigenvalue weighted by Gasteiger charge is -2.29. The van der Waals surface area contributed by atoms with Crippen LogP contribution >= 0.6 is 0 Å². The molecule has 0 aromatic heterocycles. The summed E-state index contributed by atoms with van der Waals surface area (Å²) in [5, 5.41) is 0. The zero-order valence-corrected chi connectivity index (χ0v) is 12.2. The van der Waals surface area contributed by atoms with Gasteiger partial charge in [-0.2, -0.15) is 13.2 Å². The molecular formula is C15H20F3NO. The Morgan fingerprint density at radius 2 is 1.50 bits per heavy atom. The van der Waals surface area contributed by atoms with Crippen LogP contribution in [0.3, 0.4) is 0 Å². The van der Waals surface area contributed by atoms with Crippen LogP contribution in [0.15, 0.2) is 24.3 Å². The second kappa shape index (κ2) is 6.39. The summed E-state index contributed by atoms with van der Waals surface area (Å²) in [4.78, 5) is 14.1. The fourth-order valence-electron chi connectivity index (χ4n) is 2.06. The maximum Gasteiger partial charge on any atom is 0.416 e. The van der Waals surface area contributed by atoms with E-state index in [2.05, 4.69) is 0 Å². The van der Waals surface area contributed by atoms with Crippen molar-refractivity contribution in [3.05, 3.63) is 35.4 Å². The Bertz CT molecular complexity index is 441. The van der Waals surface area contributed by atoms with Gasteiger partial charge in [0.2, 0.25) is 0 Å². The van der Waals surface area contributed by atoms with Crippen molar-refractivity contribution >= 4 is 5.78 Å². The smallest absolute Gasteiger partial charge is 0.293 e. The number of halogens is 3. The number of nitrogens with zero attached hydrogens (tertiary/aromatic N) is 1. The third-order valence-corrected chi connectivity index (χ3v) is 3.19. The van der Waals surface area contributed by atoms with Crippen LogP contribution in [0.1, 0.15) is 43.6 Å². The standard InChI is InChI=1S/C15H20F3NO/c1-10(2)19(11(3)4)9-14(20)12-5-7-13(8-6-12)15(16,17)18/h5-8,10-11H,9H2,1-4H3. The third kappa shape index (κ3) is 4.34. The second-order valence-corrected chi connectivity index (χ2v) is 5.36. The molecule has 0 heterocycles. The molecule has 0 N–H and O–H groups in total. The first-order chi connectivity index (χ1) is 9.12. The summed E-state index contributed by atoms with van der Waals surface area (Å²) in [7, 11) is 0. The van der Waals surface area contributed by atoms with E-state index in [0.29, 0.717) is 5.56 Å². The van der Waals surface area contributed by atoms with Crippen LogP contribution in [0.25, 0.3) is 0 Å². The minimum Gasteiger partial charge on any atom is -0.293 e. The summed E-state index contributed by atoms with van der Waals surface area (Å²) in [5.74, 6) is -0.166. The SMILES string of the molecule is CC(C)N(CC(=O)c1ccc(C(F)(F)F)cc1)C(C)C. The molecule has 0 aliphatic carbocycles. The zero-order valence-electron chi connectivity index (χ0n) is 12.2. The Kier molecular flexibility index (Phi) is 5.34. The Hall–Kier alpha value is -1.36. The summed E-state index contributed by atoms with van der Waals surface area (Å²) in [6.07, 6.45) is -4.37. The van der Waals surface area contributed by atoms with Gasteiger partial charge in [-0.1, -0.05) is 12.1 Å². The molecule has 0 aliphatic heterocycles. The van der Waals surface area contributed by atoms with Crippen LogP contribution in [0.2, 0.25) is 0 Å². The summed E-state index contributed by atoms with van der Waals surface area (Å²) >= 11 is 0. The predicted octanol–water partition coefficient (Wildman–Crippen LogP) is 4.01. The van der Waals surface area contributed by atoms with Crippen LogP contribution in [0.5, 0.6) is 0 Å². The first-order valence-corrected chi connectivity index (χ1v) is 6.59. The van der Waals surface area contributed by atoms with Gasteiger partial charge in [0.1, 0.15) is 0 Å². The fraction of sp³-hybridized carbons (Fsp3) is 0.533. The van der Waals surface area contributed by atoms with Gasteiger partial charge in [0.25, 0.3) is 0 Å². The van der Waals surface area contributed by atoms with E-state index < -0.39 is 11.7 Å². The van der Waals surface area contributed by atoms with Gasteiger partial charge in [0.05, 0.1) is 12.1 Å². The van der Waals surface area contributed by atoms with Crippen molar-refractivity contribution in [2.45, 2.75) is 46.0 Å². The second-order valence-electron chi connectivity index (χ2n) is 5.36. The minimum atomic E-state index is -4.37. The van der Waals surface area contributed by atoms with Crippen LogP contribution < -0.4 is 0 Å². The van der Waals surface area contributed by atoms with E-state index in [1.165, 1.54) is 12.1 Å². The number of alkyl halides is 3. The van der Waals surface area contributed by atoms with Gasteiger partial charge in [0.15, 0.2) is 5.78 Å². The number of Topliss-reactive ketones (excluding diaryl/α,β-unsaturated/α-hetero) is 1. The van der Waals surface area contributed by atoms with Gasteiger partial charge in [0, 0.05) is 17.6 Å².